The molecule has 0 aliphatic carbocycles. The summed E-state index contributed by atoms with van der Waals surface area (Å²) in [5, 5.41) is 8.37. The Morgan fingerprint density at radius 1 is 0.508 bits per heavy atom. The molecule has 0 bridgehead atoms. The van der Waals surface area contributed by atoms with Gasteiger partial charge in [-0.1, -0.05) is 38.5 Å². The van der Waals surface area contributed by atoms with E-state index in [1.54, 1.807) is 0 Å². The molecule has 4 heterocycles. The lowest BCUT2D eigenvalue weighted by Gasteiger charge is -2.15. The molecule has 4 rings (SSSR count). The number of ether oxygens (including phenoxy) is 3. The van der Waals surface area contributed by atoms with Crippen molar-refractivity contribution in [1.82, 2.24) is 44.4 Å². The highest BCUT2D eigenvalue weighted by molar-refractivity contribution is 5.67. The molecule has 8 unspecified atom stereocenters. The number of rotatable bonds is 30. The highest BCUT2D eigenvalue weighted by Crippen LogP contribution is 2.18. The first-order chi connectivity index (χ1) is 28.3. The van der Waals surface area contributed by atoms with Gasteiger partial charge in [-0.3, -0.25) is 14.7 Å². The summed E-state index contributed by atoms with van der Waals surface area (Å²) in [6.45, 7) is 17.9. The first-order valence-electron chi connectivity index (χ1n) is 22.3. The largest absolute Gasteiger partial charge is 0.448 e. The summed E-state index contributed by atoms with van der Waals surface area (Å²) < 4.78 is 19.6. The lowest BCUT2D eigenvalue weighted by molar-refractivity contribution is 0.0964. The number of nitrogens with zero attached hydrogens (tertiary/aromatic N) is 6. The molecule has 18 heteroatoms. The molecule has 3 fully saturated rings. The quantitative estimate of drug-likeness (QED) is 0.0585. The number of carbonyl (C=O) groups is 3. The molecule has 3 amide bonds. The van der Waals surface area contributed by atoms with Crippen LogP contribution in [0.4, 0.5) is 14.4 Å². The average Bonchev–Trinajstić information content (AvgIpc) is 4.15. The van der Waals surface area contributed by atoms with Gasteiger partial charge in [-0.2, -0.15) is 0 Å². The standard InChI is InChI=1S/C41H73N9O9/c1-31-26-45(31)24-25-57-36(51)42-18-12-6-9-15-21-48-39(54)49(22-16-10-7-13-19-43-37(52)58-34(4)29-46-27-32(46)2)41(56)50(40(48)55)23-17-11-8-14-20-44-38(53)59-35(5)30-47-28-33(47)3/h31-35H,6-30H2,1-5H3,(H,42,51)(H,43,52)(H,44,53). The second kappa shape index (κ2) is 25.0. The smallest absolute Gasteiger partial charge is 0.407 e. The van der Waals surface area contributed by atoms with Crippen LogP contribution < -0.4 is 33.0 Å². The van der Waals surface area contributed by atoms with Gasteiger partial charge in [0.15, 0.2) is 0 Å². The molecule has 8 atom stereocenters. The Balaban J connectivity index is 1.18. The average molecular weight is 836 g/mol. The molecule has 0 aromatic carbocycles. The van der Waals surface area contributed by atoms with Crippen LogP contribution in [0.25, 0.3) is 0 Å². The van der Waals surface area contributed by atoms with Crippen molar-refractivity contribution in [2.75, 3.05) is 65.5 Å². The Labute approximate surface area is 349 Å². The maximum atomic E-state index is 13.6. The van der Waals surface area contributed by atoms with Crippen molar-refractivity contribution < 1.29 is 28.6 Å². The summed E-state index contributed by atoms with van der Waals surface area (Å²) in [5.74, 6) is 0. The van der Waals surface area contributed by atoms with Gasteiger partial charge in [0.2, 0.25) is 0 Å². The number of unbranched alkanes of at least 4 members (excludes halogenated alkanes) is 9. The highest BCUT2D eigenvalue weighted by Gasteiger charge is 2.32. The molecule has 3 saturated heterocycles. The molecule has 3 aliphatic heterocycles. The summed E-state index contributed by atoms with van der Waals surface area (Å²) in [6.07, 6.45) is 6.86. The van der Waals surface area contributed by atoms with Gasteiger partial charge in [0.25, 0.3) is 0 Å². The zero-order chi connectivity index (χ0) is 42.7. The third kappa shape index (κ3) is 18.1. The second-order valence-corrected chi connectivity index (χ2v) is 16.8. The molecule has 3 aliphatic rings. The van der Waals surface area contributed by atoms with E-state index in [9.17, 15) is 28.8 Å². The minimum atomic E-state index is -0.594. The summed E-state index contributed by atoms with van der Waals surface area (Å²) in [6, 6.07) is 1.67. The molecule has 3 N–H and O–H groups in total. The zero-order valence-electron chi connectivity index (χ0n) is 36.4. The van der Waals surface area contributed by atoms with Gasteiger partial charge in [-0.15, -0.1) is 0 Å². The van der Waals surface area contributed by atoms with Gasteiger partial charge in [0, 0.05) is 96.7 Å². The van der Waals surface area contributed by atoms with Crippen LogP contribution >= 0.6 is 0 Å². The summed E-state index contributed by atoms with van der Waals surface area (Å²) in [4.78, 5) is 83.6. The summed E-state index contributed by atoms with van der Waals surface area (Å²) in [5.41, 5.74) is -1.78. The van der Waals surface area contributed by atoms with E-state index in [-0.39, 0.29) is 31.8 Å². The maximum Gasteiger partial charge on any atom is 0.407 e. The van der Waals surface area contributed by atoms with Crippen molar-refractivity contribution in [3.8, 4) is 0 Å². The van der Waals surface area contributed by atoms with Gasteiger partial charge in [0.05, 0.1) is 0 Å². The number of carbonyl (C=O) groups excluding carboxylic acids is 3. The van der Waals surface area contributed by atoms with Crippen LogP contribution in [0.15, 0.2) is 14.4 Å². The fourth-order valence-corrected chi connectivity index (χ4v) is 7.26. The number of amides is 3. The molecular formula is C41H73N9O9. The maximum absolute atomic E-state index is 13.6. The van der Waals surface area contributed by atoms with Crippen molar-refractivity contribution in [2.45, 2.75) is 162 Å². The van der Waals surface area contributed by atoms with Crippen molar-refractivity contribution in [2.24, 2.45) is 0 Å². The number of hydrogen-bond donors (Lipinski definition) is 3. The number of alkyl carbamates (subject to hydrolysis) is 3. The van der Waals surface area contributed by atoms with Crippen LogP contribution in [0, 0.1) is 0 Å². The highest BCUT2D eigenvalue weighted by atomic mass is 16.6. The molecule has 336 valence electrons. The van der Waals surface area contributed by atoms with Crippen molar-refractivity contribution in [3.05, 3.63) is 31.5 Å². The van der Waals surface area contributed by atoms with E-state index < -0.39 is 35.3 Å². The third-order valence-corrected chi connectivity index (χ3v) is 11.3. The Hall–Kier alpha value is -3.90. The Kier molecular flexibility index (Phi) is 20.3. The van der Waals surface area contributed by atoms with Crippen LogP contribution in [-0.4, -0.2) is 143 Å². The minimum Gasteiger partial charge on any atom is -0.448 e. The zero-order valence-corrected chi connectivity index (χ0v) is 36.4. The predicted molar refractivity (Wildman–Crippen MR) is 225 cm³/mol. The molecule has 18 nitrogen and oxygen atoms in total. The predicted octanol–water partition coefficient (Wildman–Crippen LogP) is 2.92. The van der Waals surface area contributed by atoms with Gasteiger partial charge >= 0.3 is 35.3 Å². The molecule has 0 saturated carbocycles. The molecule has 1 aromatic heterocycles. The van der Waals surface area contributed by atoms with Gasteiger partial charge in [0.1, 0.15) is 18.8 Å². The lowest BCUT2D eigenvalue weighted by atomic mass is 10.2. The molecule has 0 spiro atoms. The van der Waals surface area contributed by atoms with E-state index in [0.717, 1.165) is 97.1 Å². The fourth-order valence-electron chi connectivity index (χ4n) is 7.26. The Morgan fingerprint density at radius 2 is 0.831 bits per heavy atom. The Bertz CT molecular complexity index is 1560. The van der Waals surface area contributed by atoms with Crippen LogP contribution in [0.2, 0.25) is 0 Å². The van der Waals surface area contributed by atoms with E-state index in [1.807, 2.05) is 13.8 Å². The van der Waals surface area contributed by atoms with E-state index >= 15 is 0 Å². The van der Waals surface area contributed by atoms with Crippen molar-refractivity contribution in [3.63, 3.8) is 0 Å². The molecular weight excluding hydrogens is 763 g/mol. The second-order valence-electron chi connectivity index (χ2n) is 16.8. The van der Waals surface area contributed by atoms with Crippen molar-refractivity contribution >= 4 is 18.3 Å². The van der Waals surface area contributed by atoms with Crippen LogP contribution in [-0.2, 0) is 33.8 Å². The monoisotopic (exact) mass is 836 g/mol. The van der Waals surface area contributed by atoms with Crippen LogP contribution in [0.5, 0.6) is 0 Å². The van der Waals surface area contributed by atoms with E-state index in [4.69, 9.17) is 14.2 Å². The topological polar surface area (TPSA) is 190 Å². The van der Waals surface area contributed by atoms with E-state index in [2.05, 4.69) is 51.4 Å². The van der Waals surface area contributed by atoms with Crippen molar-refractivity contribution in [1.29, 1.82) is 0 Å². The lowest BCUT2D eigenvalue weighted by Crippen LogP contribution is -2.54. The Morgan fingerprint density at radius 3 is 1.17 bits per heavy atom. The number of nitrogens with one attached hydrogen (secondary N) is 3. The third-order valence-electron chi connectivity index (χ3n) is 11.3. The SMILES string of the molecule is CC(CN1CC1C)OC(=O)NCCCCCCn1c(=O)n(CCCCCCNC(=O)OCCN2CC2C)c(=O)n(CCCCCCNC(=O)OC(C)CN2CC2C)c1=O. The van der Waals surface area contributed by atoms with E-state index in [1.165, 1.54) is 13.7 Å². The number of hydrogen-bond acceptors (Lipinski definition) is 12. The normalized spacial score (nSPS) is 22.5. The van der Waals surface area contributed by atoms with Crippen LogP contribution in [0.1, 0.15) is 112 Å². The molecule has 59 heavy (non-hydrogen) atoms. The fraction of sp³-hybridized carbons (Fsp3) is 0.854. The van der Waals surface area contributed by atoms with Crippen LogP contribution in [0.3, 0.4) is 0 Å². The van der Waals surface area contributed by atoms with Gasteiger partial charge < -0.3 is 30.2 Å². The molecule has 0 radical (unpaired) electrons. The molecule has 1 aromatic rings. The minimum absolute atomic E-state index is 0.179. The van der Waals surface area contributed by atoms with Gasteiger partial charge in [-0.25, -0.2) is 42.5 Å². The number of aromatic nitrogens is 3. The summed E-state index contributed by atoms with van der Waals surface area (Å²) in [7, 11) is 0. The van der Waals surface area contributed by atoms with E-state index in [0.29, 0.717) is 63.6 Å². The van der Waals surface area contributed by atoms with Gasteiger partial charge in [-0.05, 0) is 73.1 Å². The summed E-state index contributed by atoms with van der Waals surface area (Å²) >= 11 is 0. The first-order valence-corrected chi connectivity index (χ1v) is 22.3. The first kappa shape index (κ1) is 47.8.